The summed E-state index contributed by atoms with van der Waals surface area (Å²) in [5.74, 6) is -0.672. The maximum Gasteiger partial charge on any atom is 0.257 e. The van der Waals surface area contributed by atoms with Crippen molar-refractivity contribution in [2.24, 2.45) is 0 Å². The number of benzene rings is 7. The van der Waals surface area contributed by atoms with E-state index in [1.165, 1.54) is 43.3 Å². The molecule has 63 heavy (non-hydrogen) atoms. The topological polar surface area (TPSA) is 125 Å². The molecule has 10 heteroatoms. The molecule has 0 saturated carbocycles. The molecule has 2 amide bonds. The average molecular weight is 843 g/mol. The van der Waals surface area contributed by atoms with E-state index in [-0.39, 0.29) is 76.5 Å². The lowest BCUT2D eigenvalue weighted by Gasteiger charge is -2.33. The lowest BCUT2D eigenvalue weighted by Crippen LogP contribution is -2.47. The smallest absolute Gasteiger partial charge is 0.257 e. The van der Waals surface area contributed by atoms with Gasteiger partial charge in [0, 0.05) is 22.6 Å². The van der Waals surface area contributed by atoms with Crippen LogP contribution < -0.4 is 15.9 Å². The molecule has 4 unspecified atom stereocenters. The van der Waals surface area contributed by atoms with E-state index < -0.39 is 18.1 Å². The van der Waals surface area contributed by atoms with Crippen molar-refractivity contribution in [1.29, 1.82) is 0 Å². The van der Waals surface area contributed by atoms with Gasteiger partial charge in [-0.25, -0.2) is 0 Å². The molecule has 7 aromatic rings. The molecule has 320 valence electrons. The van der Waals surface area contributed by atoms with Crippen molar-refractivity contribution in [2.75, 3.05) is 58.2 Å². The Bertz CT molecular complexity index is 2970. The van der Waals surface area contributed by atoms with E-state index in [1.807, 2.05) is 18.2 Å². The van der Waals surface area contributed by atoms with Crippen molar-refractivity contribution in [1.82, 2.24) is 5.32 Å². The normalized spacial score (nSPS) is 16.3. The van der Waals surface area contributed by atoms with Crippen LogP contribution in [0.3, 0.4) is 0 Å². The third-order valence-corrected chi connectivity index (χ3v) is 12.1. The van der Waals surface area contributed by atoms with Crippen molar-refractivity contribution >= 4 is 83.5 Å². The molecule has 3 N–H and O–H groups in total. The van der Waals surface area contributed by atoms with Crippen LogP contribution in [0.15, 0.2) is 134 Å². The van der Waals surface area contributed by atoms with Crippen LogP contribution in [-0.4, -0.2) is 88.0 Å². The molecule has 0 radical (unpaired) electrons. The van der Waals surface area contributed by atoms with Gasteiger partial charge in [0.2, 0.25) is 0 Å². The maximum absolute atomic E-state index is 14.0. The molecule has 4 atom stereocenters. The van der Waals surface area contributed by atoms with Gasteiger partial charge in [0.15, 0.2) is 6.10 Å². The fourth-order valence-corrected chi connectivity index (χ4v) is 9.04. The molecule has 7 aromatic carbocycles. The highest BCUT2D eigenvalue weighted by Crippen LogP contribution is 2.40. The van der Waals surface area contributed by atoms with E-state index >= 15 is 0 Å². The molecule has 9 rings (SSSR count). The minimum absolute atomic E-state index is 0.0844. The molecule has 0 heterocycles. The number of hydrogen-bond donors (Lipinski definition) is 3. The molecule has 0 saturated heterocycles. The zero-order chi connectivity index (χ0) is 43.5. The van der Waals surface area contributed by atoms with Crippen LogP contribution >= 0.6 is 0 Å². The number of ether oxygens (including phenoxy) is 5. The minimum atomic E-state index is -1.13. The van der Waals surface area contributed by atoms with Crippen LogP contribution in [-0.2, 0) is 33.3 Å². The Morgan fingerprint density at radius 3 is 2.13 bits per heavy atom. The van der Waals surface area contributed by atoms with Crippen molar-refractivity contribution in [3.05, 3.63) is 150 Å². The SMILES string of the molecule is C=C(C(=O)Nc1ccc2ccc3cccc4ccc1c2c34)C(C)OCCOCCOC(=C)C(OCCOCCO)C(=O)NC1C=Cc2c3c(c4cccc5cccc2c54)=CC=CC31. The summed E-state index contributed by atoms with van der Waals surface area (Å²) in [6.45, 7) is 10.9. The van der Waals surface area contributed by atoms with Gasteiger partial charge in [0.1, 0.15) is 12.4 Å². The maximum atomic E-state index is 14.0. The van der Waals surface area contributed by atoms with Gasteiger partial charge in [-0.1, -0.05) is 128 Å². The molecule has 0 aliphatic heterocycles. The van der Waals surface area contributed by atoms with Crippen LogP contribution in [0.25, 0.3) is 66.0 Å². The molecule has 0 spiro atoms. The van der Waals surface area contributed by atoms with E-state index in [4.69, 9.17) is 28.8 Å². The number of amides is 2. The second-order valence-electron chi connectivity index (χ2n) is 15.9. The fraction of sp³-hybridized carbons (Fsp3) is 0.245. The summed E-state index contributed by atoms with van der Waals surface area (Å²) in [5, 5.41) is 28.1. The lowest BCUT2D eigenvalue weighted by atomic mass is 9.76. The number of fused-ring (bicyclic) bond motifs is 2. The number of aliphatic hydroxyl groups is 1. The number of rotatable bonds is 20. The number of hydrogen-bond acceptors (Lipinski definition) is 8. The molecule has 0 fully saturated rings. The van der Waals surface area contributed by atoms with E-state index in [2.05, 4.69) is 127 Å². The van der Waals surface area contributed by atoms with Gasteiger partial charge in [-0.15, -0.1) is 0 Å². The predicted molar refractivity (Wildman–Crippen MR) is 251 cm³/mol. The van der Waals surface area contributed by atoms with Crippen molar-refractivity contribution in [3.8, 4) is 0 Å². The standard InChI is InChI=1S/C53H50N2O8/c1-32(52(57)54-45-22-19-38-17-16-36-8-4-9-37-18-20-44(45)49(38)47(36)37)33(2)61-29-26-60-27-30-62-34(3)51(63-31-28-59-25-24-56)53(58)55-46-23-21-42-40-13-6-11-35-10-5-12-39(48(35)40)41-14-7-15-43(46)50(41)42/h4-23,33,43,46,51,56H,1,3,24-31H2,2H3,(H,54,57)(H,55,58). The Morgan fingerprint density at radius 2 is 1.35 bits per heavy atom. The van der Waals surface area contributed by atoms with Crippen LogP contribution in [0.5, 0.6) is 0 Å². The minimum Gasteiger partial charge on any atom is -0.493 e. The summed E-state index contributed by atoms with van der Waals surface area (Å²) in [4.78, 5) is 27.3. The van der Waals surface area contributed by atoms with Crippen molar-refractivity contribution in [2.45, 2.75) is 31.1 Å². The lowest BCUT2D eigenvalue weighted by molar-refractivity contribution is -0.134. The Hall–Kier alpha value is -6.40. The first-order chi connectivity index (χ1) is 30.8. The Labute approximate surface area is 365 Å². The second kappa shape index (κ2) is 18.5. The van der Waals surface area contributed by atoms with Crippen molar-refractivity contribution < 1.29 is 38.4 Å². The first-order valence-corrected chi connectivity index (χ1v) is 21.4. The van der Waals surface area contributed by atoms with Crippen LogP contribution in [0.1, 0.15) is 24.0 Å². The molecule has 0 bridgehead atoms. The number of nitrogens with one attached hydrogen (secondary N) is 2. The summed E-state index contributed by atoms with van der Waals surface area (Å²) in [6.07, 6.45) is 8.82. The Morgan fingerprint density at radius 1 is 0.698 bits per heavy atom. The number of carbonyl (C=O) groups is 2. The van der Waals surface area contributed by atoms with Gasteiger partial charge in [-0.2, -0.15) is 0 Å². The zero-order valence-electron chi connectivity index (χ0n) is 35.2. The van der Waals surface area contributed by atoms with Gasteiger partial charge >= 0.3 is 0 Å². The highest BCUT2D eigenvalue weighted by Gasteiger charge is 2.33. The van der Waals surface area contributed by atoms with Gasteiger partial charge in [0.05, 0.1) is 58.4 Å². The van der Waals surface area contributed by atoms with E-state index in [0.717, 1.165) is 26.9 Å². The van der Waals surface area contributed by atoms with Gasteiger partial charge in [-0.05, 0) is 77.8 Å². The van der Waals surface area contributed by atoms with Crippen LogP contribution in [0.2, 0.25) is 0 Å². The fourth-order valence-electron chi connectivity index (χ4n) is 9.04. The van der Waals surface area contributed by atoms with E-state index in [1.54, 1.807) is 6.92 Å². The third kappa shape index (κ3) is 8.32. The van der Waals surface area contributed by atoms with Crippen LogP contribution in [0, 0.1) is 0 Å². The number of carbonyl (C=O) groups excluding carboxylic acids is 2. The Balaban J connectivity index is 0.765. The van der Waals surface area contributed by atoms with Gasteiger partial charge < -0.3 is 39.4 Å². The number of allylic oxidation sites excluding steroid dienone is 1. The summed E-state index contributed by atoms with van der Waals surface area (Å²) in [5.41, 5.74) is 3.36. The predicted octanol–water partition coefficient (Wildman–Crippen LogP) is 8.10. The average Bonchev–Trinajstić information content (AvgIpc) is 3.31. The van der Waals surface area contributed by atoms with Crippen LogP contribution in [0.4, 0.5) is 5.69 Å². The summed E-state index contributed by atoms with van der Waals surface area (Å²) < 4.78 is 29.0. The number of aliphatic hydroxyl groups excluding tert-OH is 1. The highest BCUT2D eigenvalue weighted by molar-refractivity contribution is 6.26. The largest absolute Gasteiger partial charge is 0.493 e. The quantitative estimate of drug-likeness (QED) is 0.0305. The molecule has 0 aromatic heterocycles. The molecule has 2 aliphatic rings. The molecule has 2 aliphatic carbocycles. The summed E-state index contributed by atoms with van der Waals surface area (Å²) in [6, 6.07) is 31.0. The van der Waals surface area contributed by atoms with Gasteiger partial charge in [0.25, 0.3) is 11.8 Å². The highest BCUT2D eigenvalue weighted by atomic mass is 16.6. The first-order valence-electron chi connectivity index (χ1n) is 21.4. The first kappa shape index (κ1) is 41.9. The second-order valence-corrected chi connectivity index (χ2v) is 15.9. The van der Waals surface area contributed by atoms with Crippen molar-refractivity contribution in [3.63, 3.8) is 0 Å². The summed E-state index contributed by atoms with van der Waals surface area (Å²) >= 11 is 0. The van der Waals surface area contributed by atoms with E-state index in [0.29, 0.717) is 11.3 Å². The summed E-state index contributed by atoms with van der Waals surface area (Å²) in [7, 11) is 0. The molecular weight excluding hydrogens is 793 g/mol. The Kier molecular flexibility index (Phi) is 12.3. The molecular formula is C53H50N2O8. The third-order valence-electron chi connectivity index (χ3n) is 12.1. The zero-order valence-corrected chi connectivity index (χ0v) is 35.2. The van der Waals surface area contributed by atoms with E-state index in [9.17, 15) is 9.59 Å². The monoisotopic (exact) mass is 842 g/mol. The molecule has 10 nitrogen and oxygen atoms in total. The number of anilines is 1. The van der Waals surface area contributed by atoms with Gasteiger partial charge in [-0.3, -0.25) is 9.59 Å².